The largest absolute Gasteiger partial charge is 0.444 e. The van der Waals surface area contributed by atoms with Crippen LogP contribution in [0.4, 0.5) is 22.0 Å². The number of hydrogen-bond donors (Lipinski definition) is 1. The molecule has 5 nitrogen and oxygen atoms in total. The molecule has 5 heteroatoms. The van der Waals surface area contributed by atoms with E-state index in [0.29, 0.717) is 12.4 Å². The molecule has 4 rings (SSSR count). The lowest BCUT2D eigenvalue weighted by molar-refractivity contribution is 0.150. The highest BCUT2D eigenvalue weighted by atomic mass is 16.6. The van der Waals surface area contributed by atoms with Crippen molar-refractivity contribution in [3.05, 3.63) is 84.1 Å². The molecule has 0 saturated heterocycles. The molecule has 0 spiro atoms. The van der Waals surface area contributed by atoms with Crippen LogP contribution in [-0.4, -0.2) is 11.1 Å². The average molecular weight is 331 g/mol. The summed E-state index contributed by atoms with van der Waals surface area (Å²) in [7, 11) is 0. The van der Waals surface area contributed by atoms with Crippen LogP contribution in [0.1, 0.15) is 11.1 Å². The fourth-order valence-electron chi connectivity index (χ4n) is 2.86. The summed E-state index contributed by atoms with van der Waals surface area (Å²) in [4.78, 5) is 18.8. The third kappa shape index (κ3) is 3.04. The molecule has 2 heterocycles. The summed E-state index contributed by atoms with van der Waals surface area (Å²) in [6.45, 7) is 0.839. The highest BCUT2D eigenvalue weighted by Crippen LogP contribution is 2.36. The second kappa shape index (κ2) is 6.65. The first-order chi connectivity index (χ1) is 12.3. The average Bonchev–Trinajstić information content (AvgIpc) is 2.84. The maximum absolute atomic E-state index is 12.9. The molecule has 0 saturated carbocycles. The second-order valence-corrected chi connectivity index (χ2v) is 5.73. The van der Waals surface area contributed by atoms with Crippen LogP contribution in [0, 0.1) is 0 Å². The van der Waals surface area contributed by atoms with E-state index < -0.39 is 6.09 Å². The van der Waals surface area contributed by atoms with E-state index in [1.165, 1.54) is 4.90 Å². The smallest absolute Gasteiger partial charge is 0.420 e. The maximum atomic E-state index is 12.9. The van der Waals surface area contributed by atoms with Crippen molar-refractivity contribution >= 4 is 23.3 Å². The van der Waals surface area contributed by atoms with Crippen LogP contribution in [0.3, 0.4) is 0 Å². The molecule has 0 radical (unpaired) electrons. The predicted molar refractivity (Wildman–Crippen MR) is 96.8 cm³/mol. The topological polar surface area (TPSA) is 54.5 Å². The van der Waals surface area contributed by atoms with Crippen molar-refractivity contribution in [3.8, 4) is 0 Å². The van der Waals surface area contributed by atoms with Gasteiger partial charge >= 0.3 is 6.09 Å². The highest BCUT2D eigenvalue weighted by Gasteiger charge is 2.27. The SMILES string of the molecule is O=C(OCc1ccccc1)N1c2ccccc2CNc2cccnc21. The number of carbonyl (C=O) groups excluding carboxylic acids is 1. The molecule has 0 aliphatic carbocycles. The normalized spacial score (nSPS) is 12.4. The van der Waals surface area contributed by atoms with Crippen molar-refractivity contribution in [1.29, 1.82) is 0 Å². The Labute approximate surface area is 145 Å². The van der Waals surface area contributed by atoms with Gasteiger partial charge in [0.2, 0.25) is 0 Å². The molecule has 1 aliphatic rings. The molecule has 1 aliphatic heterocycles. The fourth-order valence-corrected chi connectivity index (χ4v) is 2.86. The van der Waals surface area contributed by atoms with Gasteiger partial charge in [0.05, 0.1) is 11.4 Å². The van der Waals surface area contributed by atoms with Gasteiger partial charge in [-0.3, -0.25) is 0 Å². The molecular formula is C20H17N3O2. The zero-order valence-electron chi connectivity index (χ0n) is 13.6. The Kier molecular flexibility index (Phi) is 4.04. The van der Waals surface area contributed by atoms with E-state index in [1.807, 2.05) is 66.7 Å². The number of pyridine rings is 1. The molecule has 0 unspecified atom stereocenters. The van der Waals surface area contributed by atoms with Gasteiger partial charge in [-0.2, -0.15) is 0 Å². The summed E-state index contributed by atoms with van der Waals surface area (Å²) in [6.07, 6.45) is 1.23. The van der Waals surface area contributed by atoms with Crippen molar-refractivity contribution in [1.82, 2.24) is 4.98 Å². The predicted octanol–water partition coefficient (Wildman–Crippen LogP) is 4.48. The number of aromatic nitrogens is 1. The number of nitrogens with zero attached hydrogens (tertiary/aromatic N) is 2. The molecule has 0 fully saturated rings. The minimum atomic E-state index is -0.444. The number of para-hydroxylation sites is 1. The standard InChI is InChI=1S/C20H17N3O2/c24-20(25-14-15-7-2-1-3-8-15)23-18-11-5-4-9-16(18)13-22-17-10-6-12-21-19(17)23/h1-12,22H,13-14H2. The minimum Gasteiger partial charge on any atom is -0.444 e. The molecule has 25 heavy (non-hydrogen) atoms. The number of benzene rings is 2. The molecule has 0 bridgehead atoms. The number of nitrogens with one attached hydrogen (secondary N) is 1. The van der Waals surface area contributed by atoms with Gasteiger partial charge in [0.25, 0.3) is 0 Å². The zero-order chi connectivity index (χ0) is 17.1. The zero-order valence-corrected chi connectivity index (χ0v) is 13.6. The van der Waals surface area contributed by atoms with Crippen LogP contribution in [0.5, 0.6) is 0 Å². The van der Waals surface area contributed by atoms with Gasteiger partial charge in [0, 0.05) is 12.7 Å². The molecule has 1 amide bonds. The van der Waals surface area contributed by atoms with Gasteiger partial charge in [0.15, 0.2) is 5.82 Å². The van der Waals surface area contributed by atoms with Gasteiger partial charge in [-0.25, -0.2) is 14.7 Å². The molecular weight excluding hydrogens is 314 g/mol. The van der Waals surface area contributed by atoms with Gasteiger partial charge in [-0.1, -0.05) is 48.5 Å². The number of ether oxygens (including phenoxy) is 1. The summed E-state index contributed by atoms with van der Waals surface area (Å²) in [6, 6.07) is 21.1. The minimum absolute atomic E-state index is 0.216. The molecule has 1 N–H and O–H groups in total. The number of carbonyl (C=O) groups is 1. The summed E-state index contributed by atoms with van der Waals surface area (Å²) < 4.78 is 5.56. The summed E-state index contributed by atoms with van der Waals surface area (Å²) in [5.74, 6) is 0.547. The maximum Gasteiger partial charge on any atom is 0.420 e. The van der Waals surface area contributed by atoms with Gasteiger partial charge in [-0.05, 0) is 29.3 Å². The Morgan fingerprint density at radius 3 is 2.72 bits per heavy atom. The van der Waals surface area contributed by atoms with Crippen LogP contribution in [-0.2, 0) is 17.9 Å². The van der Waals surface area contributed by atoms with Crippen LogP contribution in [0.15, 0.2) is 72.9 Å². The van der Waals surface area contributed by atoms with Gasteiger partial charge < -0.3 is 10.1 Å². The number of amides is 1. The van der Waals surface area contributed by atoms with Crippen molar-refractivity contribution in [2.24, 2.45) is 0 Å². The van der Waals surface area contributed by atoms with Crippen molar-refractivity contribution in [2.75, 3.05) is 10.2 Å². The molecule has 2 aromatic carbocycles. The van der Waals surface area contributed by atoms with Crippen LogP contribution < -0.4 is 10.2 Å². The van der Waals surface area contributed by atoms with E-state index in [4.69, 9.17) is 4.74 Å². The fraction of sp³-hybridized carbons (Fsp3) is 0.100. The van der Waals surface area contributed by atoms with Crippen LogP contribution >= 0.6 is 0 Å². The summed E-state index contributed by atoms with van der Waals surface area (Å²) >= 11 is 0. The lowest BCUT2D eigenvalue weighted by Gasteiger charge is -2.22. The molecule has 124 valence electrons. The third-order valence-corrected chi connectivity index (χ3v) is 4.09. The third-order valence-electron chi connectivity index (χ3n) is 4.09. The van der Waals surface area contributed by atoms with E-state index >= 15 is 0 Å². The number of anilines is 3. The lowest BCUT2D eigenvalue weighted by Crippen LogP contribution is -2.28. The lowest BCUT2D eigenvalue weighted by atomic mass is 10.1. The first-order valence-corrected chi connectivity index (χ1v) is 8.10. The Bertz CT molecular complexity index is 849. The number of hydrogen-bond acceptors (Lipinski definition) is 4. The van der Waals surface area contributed by atoms with E-state index in [1.54, 1.807) is 6.20 Å². The Morgan fingerprint density at radius 2 is 1.84 bits per heavy atom. The quantitative estimate of drug-likeness (QED) is 0.752. The second-order valence-electron chi connectivity index (χ2n) is 5.73. The van der Waals surface area contributed by atoms with E-state index in [0.717, 1.165) is 22.5 Å². The van der Waals surface area contributed by atoms with Crippen molar-refractivity contribution in [3.63, 3.8) is 0 Å². The van der Waals surface area contributed by atoms with Crippen molar-refractivity contribution < 1.29 is 9.53 Å². The number of fused-ring (bicyclic) bond motifs is 2. The first kappa shape index (κ1) is 15.2. The molecule has 1 aromatic heterocycles. The van der Waals surface area contributed by atoms with Crippen LogP contribution in [0.25, 0.3) is 0 Å². The summed E-state index contributed by atoms with van der Waals surface area (Å²) in [5.41, 5.74) is 3.54. The van der Waals surface area contributed by atoms with E-state index in [2.05, 4.69) is 10.3 Å². The first-order valence-electron chi connectivity index (χ1n) is 8.10. The van der Waals surface area contributed by atoms with Crippen LogP contribution in [0.2, 0.25) is 0 Å². The van der Waals surface area contributed by atoms with E-state index in [-0.39, 0.29) is 6.61 Å². The highest BCUT2D eigenvalue weighted by molar-refractivity contribution is 5.99. The molecule has 3 aromatic rings. The van der Waals surface area contributed by atoms with Gasteiger partial charge in [0.1, 0.15) is 6.61 Å². The molecule has 0 atom stereocenters. The monoisotopic (exact) mass is 331 g/mol. The Hall–Kier alpha value is -3.34. The van der Waals surface area contributed by atoms with Gasteiger partial charge in [-0.15, -0.1) is 0 Å². The summed E-state index contributed by atoms with van der Waals surface area (Å²) in [5, 5.41) is 3.33. The number of rotatable bonds is 2. The Morgan fingerprint density at radius 1 is 1.04 bits per heavy atom. The van der Waals surface area contributed by atoms with Crippen molar-refractivity contribution in [2.45, 2.75) is 13.2 Å². The Balaban J connectivity index is 1.68. The van der Waals surface area contributed by atoms with E-state index in [9.17, 15) is 4.79 Å².